The van der Waals surface area contributed by atoms with Crippen LogP contribution in [0.3, 0.4) is 0 Å². The van der Waals surface area contributed by atoms with Crippen LogP contribution in [0.2, 0.25) is 0 Å². The third-order valence-electron chi connectivity index (χ3n) is 2.26. The molecule has 0 aliphatic heterocycles. The van der Waals surface area contributed by atoms with Crippen molar-refractivity contribution in [3.05, 3.63) is 18.3 Å². The molecule has 0 aliphatic carbocycles. The summed E-state index contributed by atoms with van der Waals surface area (Å²) in [7, 11) is -3.21. The Morgan fingerprint density at radius 3 is 2.84 bits per heavy atom. The molecule has 0 aliphatic rings. The molecule has 1 heterocycles. The molecule has 19 heavy (non-hydrogen) atoms. The standard InChI is InChI=1S/C12H21N3O3S/c1-3-9-18-11-6-5-7-13-12(11)14-8-10-19(16,17)15-4-2/h5-7,15H,3-4,8-10H2,1-2H3,(H,13,14). The van der Waals surface area contributed by atoms with Gasteiger partial charge < -0.3 is 10.1 Å². The lowest BCUT2D eigenvalue weighted by molar-refractivity contribution is 0.318. The monoisotopic (exact) mass is 287 g/mol. The van der Waals surface area contributed by atoms with Crippen molar-refractivity contribution in [3.8, 4) is 5.75 Å². The van der Waals surface area contributed by atoms with E-state index in [-0.39, 0.29) is 12.3 Å². The van der Waals surface area contributed by atoms with E-state index in [0.717, 1.165) is 6.42 Å². The molecule has 108 valence electrons. The minimum absolute atomic E-state index is 0.00460. The normalized spacial score (nSPS) is 11.3. The number of nitrogens with zero attached hydrogens (tertiary/aromatic N) is 1. The van der Waals surface area contributed by atoms with Gasteiger partial charge in [0.15, 0.2) is 11.6 Å². The molecule has 0 amide bonds. The van der Waals surface area contributed by atoms with Gasteiger partial charge in [0.25, 0.3) is 0 Å². The van der Waals surface area contributed by atoms with E-state index in [2.05, 4.69) is 15.0 Å². The molecule has 1 rings (SSSR count). The first-order valence-corrected chi connectivity index (χ1v) is 8.03. The number of ether oxygens (including phenoxy) is 1. The second kappa shape index (κ2) is 7.96. The van der Waals surface area contributed by atoms with Crippen LogP contribution in [0.15, 0.2) is 18.3 Å². The Morgan fingerprint density at radius 2 is 2.16 bits per heavy atom. The van der Waals surface area contributed by atoms with Crippen molar-refractivity contribution in [1.29, 1.82) is 0 Å². The molecule has 6 nitrogen and oxygen atoms in total. The largest absolute Gasteiger partial charge is 0.490 e. The van der Waals surface area contributed by atoms with Crippen LogP contribution in [0.4, 0.5) is 5.82 Å². The molecule has 0 bridgehead atoms. The summed E-state index contributed by atoms with van der Waals surface area (Å²) in [5.41, 5.74) is 0. The second-order valence-electron chi connectivity index (χ2n) is 3.94. The highest BCUT2D eigenvalue weighted by Crippen LogP contribution is 2.20. The Kier molecular flexibility index (Phi) is 6.58. The Balaban J connectivity index is 2.53. The topological polar surface area (TPSA) is 80.3 Å². The Bertz CT molecular complexity index is 477. The second-order valence-corrected chi connectivity index (χ2v) is 5.87. The summed E-state index contributed by atoms with van der Waals surface area (Å²) in [6.45, 7) is 5.06. The van der Waals surface area contributed by atoms with Gasteiger partial charge in [-0.05, 0) is 18.6 Å². The molecule has 0 aromatic carbocycles. The van der Waals surface area contributed by atoms with Crippen molar-refractivity contribution in [1.82, 2.24) is 9.71 Å². The number of aromatic nitrogens is 1. The van der Waals surface area contributed by atoms with Gasteiger partial charge in [0.2, 0.25) is 10.0 Å². The first kappa shape index (κ1) is 15.7. The first-order chi connectivity index (χ1) is 9.09. The van der Waals surface area contributed by atoms with E-state index >= 15 is 0 Å². The predicted molar refractivity (Wildman–Crippen MR) is 76.0 cm³/mol. The number of hydrogen-bond donors (Lipinski definition) is 2. The lowest BCUT2D eigenvalue weighted by Gasteiger charge is -2.11. The number of sulfonamides is 1. The smallest absolute Gasteiger partial charge is 0.213 e. The minimum atomic E-state index is -3.21. The van der Waals surface area contributed by atoms with Crippen LogP contribution in [0, 0.1) is 0 Å². The summed E-state index contributed by atoms with van der Waals surface area (Å²) in [6.07, 6.45) is 2.54. The van der Waals surface area contributed by atoms with Gasteiger partial charge in [0.05, 0.1) is 12.4 Å². The molecule has 7 heteroatoms. The van der Waals surface area contributed by atoms with Crippen LogP contribution in [0.1, 0.15) is 20.3 Å². The fourth-order valence-corrected chi connectivity index (χ4v) is 2.40. The molecular weight excluding hydrogens is 266 g/mol. The third-order valence-corrected chi connectivity index (χ3v) is 3.73. The van der Waals surface area contributed by atoms with E-state index in [0.29, 0.717) is 24.7 Å². The van der Waals surface area contributed by atoms with E-state index in [1.54, 1.807) is 19.2 Å². The zero-order chi connectivity index (χ0) is 14.1. The highest BCUT2D eigenvalue weighted by atomic mass is 32.2. The maximum Gasteiger partial charge on any atom is 0.213 e. The number of anilines is 1. The summed E-state index contributed by atoms with van der Waals surface area (Å²) in [5.74, 6) is 1.22. The van der Waals surface area contributed by atoms with E-state index in [9.17, 15) is 8.42 Å². The molecule has 2 N–H and O–H groups in total. The summed E-state index contributed by atoms with van der Waals surface area (Å²) in [5, 5.41) is 2.98. The molecule has 0 saturated heterocycles. The number of hydrogen-bond acceptors (Lipinski definition) is 5. The van der Waals surface area contributed by atoms with Crippen molar-refractivity contribution in [2.45, 2.75) is 20.3 Å². The summed E-state index contributed by atoms with van der Waals surface area (Å²) >= 11 is 0. The van der Waals surface area contributed by atoms with Crippen molar-refractivity contribution in [2.24, 2.45) is 0 Å². The van der Waals surface area contributed by atoms with Crippen molar-refractivity contribution in [2.75, 3.05) is 30.8 Å². The zero-order valence-corrected chi connectivity index (χ0v) is 12.2. The quantitative estimate of drug-likeness (QED) is 0.714. The molecule has 0 unspecified atom stereocenters. The van der Waals surface area contributed by atoms with Crippen LogP contribution < -0.4 is 14.8 Å². The van der Waals surface area contributed by atoms with Crippen LogP contribution in [-0.4, -0.2) is 38.9 Å². The molecule has 0 spiro atoms. The Morgan fingerprint density at radius 1 is 1.37 bits per heavy atom. The summed E-state index contributed by atoms with van der Waals surface area (Å²) < 4.78 is 30.9. The molecular formula is C12H21N3O3S. The van der Waals surface area contributed by atoms with E-state index in [4.69, 9.17) is 4.74 Å². The Labute approximate surface area is 114 Å². The van der Waals surface area contributed by atoms with Gasteiger partial charge >= 0.3 is 0 Å². The maximum absolute atomic E-state index is 11.5. The van der Waals surface area contributed by atoms with Gasteiger partial charge in [-0.1, -0.05) is 13.8 Å². The highest BCUT2D eigenvalue weighted by molar-refractivity contribution is 7.89. The van der Waals surface area contributed by atoms with Gasteiger partial charge in [0.1, 0.15) is 0 Å². The van der Waals surface area contributed by atoms with E-state index in [1.807, 2.05) is 13.0 Å². The number of nitrogens with one attached hydrogen (secondary N) is 2. The van der Waals surface area contributed by atoms with Crippen molar-refractivity contribution in [3.63, 3.8) is 0 Å². The molecule has 1 aromatic rings. The Hall–Kier alpha value is -1.34. The van der Waals surface area contributed by atoms with E-state index < -0.39 is 10.0 Å². The van der Waals surface area contributed by atoms with E-state index in [1.165, 1.54) is 0 Å². The highest BCUT2D eigenvalue weighted by Gasteiger charge is 2.09. The fourth-order valence-electron chi connectivity index (χ4n) is 1.45. The number of pyridine rings is 1. The fraction of sp³-hybridized carbons (Fsp3) is 0.583. The van der Waals surface area contributed by atoms with Gasteiger partial charge in [-0.15, -0.1) is 0 Å². The third kappa shape index (κ3) is 5.89. The van der Waals surface area contributed by atoms with Gasteiger partial charge in [-0.3, -0.25) is 0 Å². The van der Waals surface area contributed by atoms with Gasteiger partial charge in [-0.2, -0.15) is 0 Å². The lowest BCUT2D eigenvalue weighted by Crippen LogP contribution is -2.29. The van der Waals surface area contributed by atoms with Gasteiger partial charge in [-0.25, -0.2) is 18.1 Å². The SMILES string of the molecule is CCCOc1cccnc1NCCS(=O)(=O)NCC. The molecule has 0 radical (unpaired) electrons. The zero-order valence-electron chi connectivity index (χ0n) is 11.3. The molecule has 0 fully saturated rings. The van der Waals surface area contributed by atoms with Crippen LogP contribution in [-0.2, 0) is 10.0 Å². The number of rotatable bonds is 9. The van der Waals surface area contributed by atoms with Crippen molar-refractivity contribution < 1.29 is 13.2 Å². The van der Waals surface area contributed by atoms with Gasteiger partial charge in [0, 0.05) is 19.3 Å². The molecule has 1 aromatic heterocycles. The van der Waals surface area contributed by atoms with Crippen molar-refractivity contribution >= 4 is 15.8 Å². The lowest BCUT2D eigenvalue weighted by atomic mass is 10.4. The average Bonchev–Trinajstić information content (AvgIpc) is 2.37. The van der Waals surface area contributed by atoms with Crippen LogP contribution >= 0.6 is 0 Å². The van der Waals surface area contributed by atoms with Crippen LogP contribution in [0.25, 0.3) is 0 Å². The summed E-state index contributed by atoms with van der Waals surface area (Å²) in [6, 6.07) is 3.59. The summed E-state index contributed by atoms with van der Waals surface area (Å²) in [4.78, 5) is 4.15. The maximum atomic E-state index is 11.5. The average molecular weight is 287 g/mol. The molecule has 0 atom stereocenters. The first-order valence-electron chi connectivity index (χ1n) is 6.38. The predicted octanol–water partition coefficient (Wildman–Crippen LogP) is 1.22. The van der Waals surface area contributed by atoms with Crippen LogP contribution in [0.5, 0.6) is 5.75 Å². The minimum Gasteiger partial charge on any atom is -0.490 e. The molecule has 0 saturated carbocycles.